The van der Waals surface area contributed by atoms with Crippen molar-refractivity contribution < 1.29 is 19.1 Å². The fourth-order valence-electron chi connectivity index (χ4n) is 4.52. The molecule has 180 valence electrons. The van der Waals surface area contributed by atoms with Gasteiger partial charge in [0.15, 0.2) is 0 Å². The summed E-state index contributed by atoms with van der Waals surface area (Å²) < 4.78 is 5.62. The van der Waals surface area contributed by atoms with E-state index >= 15 is 0 Å². The van der Waals surface area contributed by atoms with Crippen LogP contribution in [0.3, 0.4) is 0 Å². The Morgan fingerprint density at radius 2 is 1.97 bits per heavy atom. The van der Waals surface area contributed by atoms with Crippen molar-refractivity contribution in [1.82, 2.24) is 14.9 Å². The molecule has 0 saturated carbocycles. The predicted octanol–water partition coefficient (Wildman–Crippen LogP) is 3.07. The molecule has 3 amide bonds. The number of fused-ring (bicyclic) bond motifs is 4. The number of nitrogens with one attached hydrogen (secondary N) is 2. The van der Waals surface area contributed by atoms with Gasteiger partial charge in [-0.2, -0.15) is 5.10 Å². The van der Waals surface area contributed by atoms with E-state index < -0.39 is 11.9 Å². The van der Waals surface area contributed by atoms with Gasteiger partial charge in [-0.15, -0.1) is 0 Å². The molecule has 1 aromatic heterocycles. The fraction of sp³-hybridized carbons (Fsp3) is 0.308. The minimum atomic E-state index is -0.636. The summed E-state index contributed by atoms with van der Waals surface area (Å²) in [5, 5.41) is 8.90. The minimum absolute atomic E-state index is 0.196. The lowest BCUT2D eigenvalue weighted by Gasteiger charge is -2.40. The Bertz CT molecular complexity index is 1300. The summed E-state index contributed by atoms with van der Waals surface area (Å²) in [4.78, 5) is 43.3. The number of anilines is 1. The summed E-state index contributed by atoms with van der Waals surface area (Å²) in [6.07, 6.45) is 3.48. The Hall–Kier alpha value is -4.14. The number of rotatable bonds is 7. The lowest BCUT2D eigenvalue weighted by molar-refractivity contribution is -0.157. The molecule has 1 saturated heterocycles. The highest BCUT2D eigenvalue weighted by Crippen LogP contribution is 2.32. The van der Waals surface area contributed by atoms with E-state index in [0.29, 0.717) is 25.3 Å². The summed E-state index contributed by atoms with van der Waals surface area (Å²) in [7, 11) is 0. The van der Waals surface area contributed by atoms with Gasteiger partial charge in [0, 0.05) is 28.7 Å². The van der Waals surface area contributed by atoms with Gasteiger partial charge >= 0.3 is 0 Å². The zero-order valence-corrected chi connectivity index (χ0v) is 19.5. The van der Waals surface area contributed by atoms with Crippen molar-refractivity contribution in [1.29, 1.82) is 0 Å². The second-order valence-corrected chi connectivity index (χ2v) is 8.73. The highest BCUT2D eigenvalue weighted by molar-refractivity contribution is 6.31. The van der Waals surface area contributed by atoms with E-state index in [0.717, 1.165) is 52.0 Å². The molecule has 0 spiro atoms. The topological polar surface area (TPSA) is 107 Å². The SMILES string of the molecule is CCCCOc1ccc(NC(=O)C=NN2CC(=O)N3Cc4[nH]c5ccccc5c4C[C@H]3C2=O)cc1. The van der Waals surface area contributed by atoms with Crippen LogP contribution in [0.1, 0.15) is 31.0 Å². The number of hydrazone groups is 1. The molecule has 1 atom stereocenters. The van der Waals surface area contributed by atoms with Gasteiger partial charge in [-0.1, -0.05) is 31.5 Å². The van der Waals surface area contributed by atoms with E-state index in [2.05, 4.69) is 22.3 Å². The van der Waals surface area contributed by atoms with Crippen molar-refractivity contribution in [3.8, 4) is 5.75 Å². The van der Waals surface area contributed by atoms with Crippen molar-refractivity contribution in [2.75, 3.05) is 18.5 Å². The van der Waals surface area contributed by atoms with Crippen molar-refractivity contribution in [3.05, 3.63) is 59.8 Å². The van der Waals surface area contributed by atoms with Crippen LogP contribution in [-0.2, 0) is 27.3 Å². The van der Waals surface area contributed by atoms with Crippen molar-refractivity contribution in [2.24, 2.45) is 5.10 Å². The number of carbonyl (C=O) groups excluding carboxylic acids is 3. The zero-order valence-electron chi connectivity index (χ0n) is 19.5. The average molecular weight is 474 g/mol. The predicted molar refractivity (Wildman–Crippen MR) is 132 cm³/mol. The Kier molecular flexibility index (Phi) is 6.22. The van der Waals surface area contributed by atoms with Crippen LogP contribution < -0.4 is 10.1 Å². The number of piperazine rings is 1. The van der Waals surface area contributed by atoms with Crippen LogP contribution in [0.5, 0.6) is 5.75 Å². The first-order valence-electron chi connectivity index (χ1n) is 11.8. The van der Waals surface area contributed by atoms with Crippen LogP contribution >= 0.6 is 0 Å². The van der Waals surface area contributed by atoms with Crippen molar-refractivity contribution >= 4 is 40.5 Å². The number of H-pyrrole nitrogens is 1. The number of hydrogen-bond acceptors (Lipinski definition) is 5. The van der Waals surface area contributed by atoms with Crippen molar-refractivity contribution in [3.63, 3.8) is 0 Å². The first-order valence-corrected chi connectivity index (χ1v) is 11.8. The van der Waals surface area contributed by atoms with Crippen LogP contribution in [-0.4, -0.2) is 58.0 Å². The molecule has 2 N–H and O–H groups in total. The summed E-state index contributed by atoms with van der Waals surface area (Å²) >= 11 is 0. The molecule has 0 bridgehead atoms. The highest BCUT2D eigenvalue weighted by atomic mass is 16.5. The number of hydrogen-bond donors (Lipinski definition) is 2. The van der Waals surface area contributed by atoms with E-state index in [9.17, 15) is 14.4 Å². The third-order valence-corrected chi connectivity index (χ3v) is 6.35. The van der Waals surface area contributed by atoms with E-state index in [1.165, 1.54) is 0 Å². The first kappa shape index (κ1) is 22.6. The standard InChI is InChI=1S/C26H27N5O4/c1-2-3-12-35-18-10-8-17(9-11-18)28-24(32)14-27-31-16-25(33)30-15-22-20(13-23(30)26(31)34)19-6-4-5-7-21(19)29-22/h4-11,14,23,29H,2-3,12-13,15-16H2,1H3,(H,28,32)/t23-/m0/s1. The molecule has 3 aromatic rings. The van der Waals surface area contributed by atoms with Gasteiger partial charge in [-0.3, -0.25) is 14.4 Å². The fourth-order valence-corrected chi connectivity index (χ4v) is 4.52. The molecule has 2 aliphatic heterocycles. The number of ether oxygens (including phenoxy) is 1. The van der Waals surface area contributed by atoms with Crippen LogP contribution in [0.25, 0.3) is 10.9 Å². The molecule has 0 aliphatic carbocycles. The van der Waals surface area contributed by atoms with Crippen LogP contribution in [0.15, 0.2) is 53.6 Å². The van der Waals surface area contributed by atoms with Crippen LogP contribution in [0, 0.1) is 0 Å². The third kappa shape index (κ3) is 4.62. The number of unbranched alkanes of at least 4 members (excludes halogenated alkanes) is 1. The van der Waals surface area contributed by atoms with Gasteiger partial charge < -0.3 is 19.9 Å². The number of aromatic nitrogens is 1. The van der Waals surface area contributed by atoms with E-state index in [-0.39, 0.29) is 18.4 Å². The lowest BCUT2D eigenvalue weighted by atomic mass is 9.94. The number of amides is 3. The third-order valence-electron chi connectivity index (χ3n) is 6.35. The smallest absolute Gasteiger partial charge is 0.268 e. The number of para-hydroxylation sites is 1. The second-order valence-electron chi connectivity index (χ2n) is 8.73. The molecule has 9 heteroatoms. The molecular formula is C26H27N5O4. The summed E-state index contributed by atoms with van der Waals surface area (Å²) in [5.74, 6) is -0.249. The van der Waals surface area contributed by atoms with Gasteiger partial charge in [-0.25, -0.2) is 5.01 Å². The maximum absolute atomic E-state index is 13.2. The summed E-state index contributed by atoms with van der Waals surface area (Å²) in [5.41, 5.74) is 3.58. The Balaban J connectivity index is 1.23. The van der Waals surface area contributed by atoms with Crippen molar-refractivity contribution in [2.45, 2.75) is 38.8 Å². The monoisotopic (exact) mass is 473 g/mol. The van der Waals surface area contributed by atoms with Crippen LogP contribution in [0.4, 0.5) is 5.69 Å². The normalized spacial score (nSPS) is 17.6. The molecule has 1 fully saturated rings. The van der Waals surface area contributed by atoms with Gasteiger partial charge in [0.05, 0.1) is 13.2 Å². The van der Waals surface area contributed by atoms with E-state index in [1.807, 2.05) is 24.3 Å². The van der Waals surface area contributed by atoms with Gasteiger partial charge in [0.2, 0.25) is 5.91 Å². The number of nitrogens with zero attached hydrogens (tertiary/aromatic N) is 3. The molecule has 0 radical (unpaired) electrons. The minimum Gasteiger partial charge on any atom is -0.494 e. The molecule has 5 rings (SSSR count). The number of aromatic amines is 1. The Morgan fingerprint density at radius 1 is 1.17 bits per heavy atom. The number of benzene rings is 2. The Morgan fingerprint density at radius 3 is 2.77 bits per heavy atom. The van der Waals surface area contributed by atoms with E-state index in [4.69, 9.17) is 4.74 Å². The molecule has 3 heterocycles. The Labute approximate surface area is 202 Å². The maximum atomic E-state index is 13.2. The molecular weight excluding hydrogens is 446 g/mol. The molecule has 9 nitrogen and oxygen atoms in total. The van der Waals surface area contributed by atoms with Gasteiger partial charge in [-0.05, 0) is 42.3 Å². The summed E-state index contributed by atoms with van der Waals surface area (Å²) in [6.45, 7) is 2.91. The lowest BCUT2D eigenvalue weighted by Crippen LogP contribution is -2.60. The number of carbonyl (C=O) groups is 3. The molecule has 2 aromatic carbocycles. The maximum Gasteiger partial charge on any atom is 0.268 e. The van der Waals surface area contributed by atoms with E-state index in [1.54, 1.807) is 29.2 Å². The quantitative estimate of drug-likeness (QED) is 0.406. The molecule has 35 heavy (non-hydrogen) atoms. The largest absolute Gasteiger partial charge is 0.494 e. The second kappa shape index (κ2) is 9.61. The summed E-state index contributed by atoms with van der Waals surface area (Å²) in [6, 6.07) is 14.3. The van der Waals surface area contributed by atoms with Gasteiger partial charge in [0.25, 0.3) is 11.8 Å². The molecule has 0 unspecified atom stereocenters. The zero-order chi connectivity index (χ0) is 24.4. The highest BCUT2D eigenvalue weighted by Gasteiger charge is 2.43. The van der Waals surface area contributed by atoms with Crippen LogP contribution in [0.2, 0.25) is 0 Å². The first-order chi connectivity index (χ1) is 17.0. The average Bonchev–Trinajstić information content (AvgIpc) is 3.23. The molecule has 2 aliphatic rings. The van der Waals surface area contributed by atoms with Gasteiger partial charge in [0.1, 0.15) is 24.6 Å².